The smallest absolute Gasteiger partial charge is 0.216 e. The summed E-state index contributed by atoms with van der Waals surface area (Å²) in [5, 5.41) is 9.46. The Balaban J connectivity index is 2.70. The van der Waals surface area contributed by atoms with Crippen LogP contribution in [0, 0.1) is 6.92 Å². The van der Waals surface area contributed by atoms with Gasteiger partial charge in [0, 0.05) is 12.0 Å². The van der Waals surface area contributed by atoms with Crippen LogP contribution in [0.4, 0.5) is 0 Å². The Morgan fingerprint density at radius 2 is 1.81 bits per heavy atom. The summed E-state index contributed by atoms with van der Waals surface area (Å²) >= 11 is 16.4. The number of benzene rings is 1. The minimum atomic E-state index is -1.83. The van der Waals surface area contributed by atoms with Crippen molar-refractivity contribution in [3.63, 3.8) is 0 Å². The molecule has 0 saturated carbocycles. The lowest BCUT2D eigenvalue weighted by Gasteiger charge is -2.17. The zero-order valence-corrected chi connectivity index (χ0v) is 10.9. The number of aliphatic hydroxyl groups excluding tert-OH is 1. The number of aliphatic hydroxyl groups is 1. The third kappa shape index (κ3) is 3.95. The maximum atomic E-state index is 11.7. The number of rotatable bonds is 3. The van der Waals surface area contributed by atoms with Crippen LogP contribution in [0.3, 0.4) is 0 Å². The van der Waals surface area contributed by atoms with Crippen molar-refractivity contribution in [2.75, 3.05) is 0 Å². The number of Topliss-reactive ketones (excluding diaryl/α,β-unsaturated/α-hetero) is 1. The molecule has 0 bridgehead atoms. The maximum absolute atomic E-state index is 11.7. The molecule has 1 N–H and O–H groups in total. The summed E-state index contributed by atoms with van der Waals surface area (Å²) < 4.78 is -1.83. The fourth-order valence-electron chi connectivity index (χ4n) is 1.15. The monoisotopic (exact) mass is 280 g/mol. The lowest BCUT2D eigenvalue weighted by molar-refractivity contribution is 0.0885. The molecule has 0 fully saturated rings. The molecule has 16 heavy (non-hydrogen) atoms. The van der Waals surface area contributed by atoms with E-state index in [0.717, 1.165) is 5.56 Å². The van der Waals surface area contributed by atoms with E-state index in [1.54, 1.807) is 12.1 Å². The second-order valence-electron chi connectivity index (χ2n) is 3.55. The highest BCUT2D eigenvalue weighted by Crippen LogP contribution is 2.32. The lowest BCUT2D eigenvalue weighted by atomic mass is 10.0. The zero-order valence-electron chi connectivity index (χ0n) is 8.58. The van der Waals surface area contributed by atoms with Gasteiger partial charge in [0.15, 0.2) is 5.78 Å². The van der Waals surface area contributed by atoms with Crippen LogP contribution in [0.15, 0.2) is 24.3 Å². The van der Waals surface area contributed by atoms with Crippen LogP contribution in [0.25, 0.3) is 0 Å². The summed E-state index contributed by atoms with van der Waals surface area (Å²) in [4.78, 5) is 11.7. The van der Waals surface area contributed by atoms with Crippen LogP contribution in [0.5, 0.6) is 0 Å². The van der Waals surface area contributed by atoms with Gasteiger partial charge in [-0.05, 0) is 6.92 Å². The Bertz CT molecular complexity index is 368. The molecule has 2 nitrogen and oxygen atoms in total. The fraction of sp³-hybridized carbons (Fsp3) is 0.364. The number of hydrogen-bond acceptors (Lipinski definition) is 2. The Kier molecular flexibility index (Phi) is 4.62. The molecule has 0 saturated heterocycles. The molecule has 0 aliphatic carbocycles. The number of halogens is 3. The van der Waals surface area contributed by atoms with Crippen LogP contribution in [-0.4, -0.2) is 20.8 Å². The minimum absolute atomic E-state index is 0.209. The predicted octanol–water partition coefficient (Wildman–Crippen LogP) is 3.30. The van der Waals surface area contributed by atoms with E-state index >= 15 is 0 Å². The first-order valence-electron chi connectivity index (χ1n) is 4.65. The number of carbonyl (C=O) groups excluding carboxylic acids is 1. The summed E-state index contributed by atoms with van der Waals surface area (Å²) in [6.45, 7) is 1.92. The summed E-state index contributed by atoms with van der Waals surface area (Å²) in [5.41, 5.74) is 1.55. The highest BCUT2D eigenvalue weighted by Gasteiger charge is 2.32. The summed E-state index contributed by atoms with van der Waals surface area (Å²) in [7, 11) is 0. The predicted molar refractivity (Wildman–Crippen MR) is 66.4 cm³/mol. The van der Waals surface area contributed by atoms with Crippen molar-refractivity contribution in [2.45, 2.75) is 23.2 Å². The lowest BCUT2D eigenvalue weighted by Crippen LogP contribution is -2.28. The Labute approximate surface area is 109 Å². The van der Waals surface area contributed by atoms with Crippen LogP contribution in [0.1, 0.15) is 22.3 Å². The third-order valence-electron chi connectivity index (χ3n) is 2.13. The van der Waals surface area contributed by atoms with Crippen molar-refractivity contribution in [3.05, 3.63) is 35.4 Å². The van der Waals surface area contributed by atoms with Crippen LogP contribution < -0.4 is 0 Å². The van der Waals surface area contributed by atoms with E-state index in [0.29, 0.717) is 5.56 Å². The van der Waals surface area contributed by atoms with Gasteiger partial charge in [0.1, 0.15) is 6.10 Å². The zero-order chi connectivity index (χ0) is 12.3. The highest BCUT2D eigenvalue weighted by molar-refractivity contribution is 6.68. The largest absolute Gasteiger partial charge is 0.388 e. The fourth-order valence-corrected chi connectivity index (χ4v) is 1.38. The van der Waals surface area contributed by atoms with Gasteiger partial charge < -0.3 is 5.11 Å². The van der Waals surface area contributed by atoms with E-state index in [4.69, 9.17) is 34.8 Å². The van der Waals surface area contributed by atoms with E-state index in [1.165, 1.54) is 0 Å². The van der Waals surface area contributed by atoms with Gasteiger partial charge in [-0.1, -0.05) is 64.6 Å². The molecule has 5 heteroatoms. The molecule has 0 amide bonds. The van der Waals surface area contributed by atoms with Gasteiger partial charge in [-0.2, -0.15) is 0 Å². The van der Waals surface area contributed by atoms with Crippen molar-refractivity contribution in [2.24, 2.45) is 0 Å². The molecule has 1 atom stereocenters. The first-order chi connectivity index (χ1) is 7.30. The molecule has 0 aromatic heterocycles. The van der Waals surface area contributed by atoms with Gasteiger partial charge in [0.25, 0.3) is 0 Å². The number of hydrogen-bond donors (Lipinski definition) is 1. The second kappa shape index (κ2) is 5.37. The van der Waals surface area contributed by atoms with Crippen LogP contribution in [0.2, 0.25) is 0 Å². The van der Waals surface area contributed by atoms with E-state index in [9.17, 15) is 9.90 Å². The number of ketones is 1. The molecule has 1 aromatic rings. The standard InChI is InChI=1S/C11H11Cl3O2/c1-7-2-4-8(5-3-7)9(15)6-10(16)11(12,13)14/h2-5,10,16H,6H2,1H3/t10-/m0/s1. The molecule has 1 rings (SSSR count). The first-order valence-corrected chi connectivity index (χ1v) is 5.79. The maximum Gasteiger partial charge on any atom is 0.216 e. The molecule has 0 radical (unpaired) electrons. The van der Waals surface area contributed by atoms with E-state index in [-0.39, 0.29) is 12.2 Å². The van der Waals surface area contributed by atoms with Gasteiger partial charge in [-0.3, -0.25) is 4.79 Å². The Morgan fingerprint density at radius 3 is 2.25 bits per heavy atom. The van der Waals surface area contributed by atoms with Crippen molar-refractivity contribution >= 4 is 40.6 Å². The molecule has 0 aliphatic heterocycles. The molecular weight excluding hydrogens is 270 g/mol. The topological polar surface area (TPSA) is 37.3 Å². The normalized spacial score (nSPS) is 13.6. The average molecular weight is 282 g/mol. The molecule has 0 aliphatic rings. The van der Waals surface area contributed by atoms with Crippen molar-refractivity contribution in [3.8, 4) is 0 Å². The third-order valence-corrected chi connectivity index (χ3v) is 2.89. The van der Waals surface area contributed by atoms with Gasteiger partial charge >= 0.3 is 0 Å². The number of aryl methyl sites for hydroxylation is 1. The van der Waals surface area contributed by atoms with Crippen LogP contribution >= 0.6 is 34.8 Å². The average Bonchev–Trinajstić information content (AvgIpc) is 2.17. The summed E-state index contributed by atoms with van der Waals surface area (Å²) in [6, 6.07) is 7.00. The van der Waals surface area contributed by atoms with Gasteiger partial charge in [0.2, 0.25) is 3.79 Å². The van der Waals surface area contributed by atoms with Gasteiger partial charge in [-0.15, -0.1) is 0 Å². The van der Waals surface area contributed by atoms with Gasteiger partial charge in [0.05, 0.1) is 0 Å². The van der Waals surface area contributed by atoms with Gasteiger partial charge in [-0.25, -0.2) is 0 Å². The Morgan fingerprint density at radius 1 is 1.31 bits per heavy atom. The molecule has 0 spiro atoms. The minimum Gasteiger partial charge on any atom is -0.388 e. The Hall–Kier alpha value is -0.280. The number of carbonyl (C=O) groups is 1. The molecular formula is C11H11Cl3O2. The van der Waals surface area contributed by atoms with Crippen molar-refractivity contribution < 1.29 is 9.90 Å². The highest BCUT2D eigenvalue weighted by atomic mass is 35.6. The van der Waals surface area contributed by atoms with E-state index in [2.05, 4.69) is 0 Å². The van der Waals surface area contributed by atoms with Crippen LogP contribution in [-0.2, 0) is 0 Å². The molecule has 1 aromatic carbocycles. The number of alkyl halides is 3. The molecule has 0 heterocycles. The van der Waals surface area contributed by atoms with Crippen molar-refractivity contribution in [1.29, 1.82) is 0 Å². The summed E-state index contributed by atoms with van der Waals surface area (Å²) in [5.74, 6) is -0.251. The van der Waals surface area contributed by atoms with Crippen molar-refractivity contribution in [1.82, 2.24) is 0 Å². The second-order valence-corrected chi connectivity index (χ2v) is 5.92. The van der Waals surface area contributed by atoms with E-state index < -0.39 is 9.90 Å². The first kappa shape index (κ1) is 13.8. The molecule has 0 unspecified atom stereocenters. The molecule has 88 valence electrons. The summed E-state index contributed by atoms with van der Waals surface area (Å²) in [6.07, 6.45) is -1.51. The quantitative estimate of drug-likeness (QED) is 0.682. The SMILES string of the molecule is Cc1ccc(C(=O)C[C@H](O)C(Cl)(Cl)Cl)cc1. The van der Waals surface area contributed by atoms with E-state index in [1.807, 2.05) is 19.1 Å².